The predicted molar refractivity (Wildman–Crippen MR) is 102 cm³/mol. The van der Waals surface area contributed by atoms with Crippen molar-refractivity contribution in [3.8, 4) is 0 Å². The molecule has 0 saturated heterocycles. The third-order valence-electron chi connectivity index (χ3n) is 5.56. The summed E-state index contributed by atoms with van der Waals surface area (Å²) in [6.45, 7) is 3.61. The Kier molecular flexibility index (Phi) is 5.37. The minimum Gasteiger partial charge on any atom is -0.478 e. The van der Waals surface area contributed by atoms with Gasteiger partial charge in [-0.2, -0.15) is 0 Å². The molecule has 2 nitrogen and oxygen atoms in total. The van der Waals surface area contributed by atoms with Crippen molar-refractivity contribution in [1.29, 1.82) is 0 Å². The van der Waals surface area contributed by atoms with Crippen LogP contribution in [0.2, 0.25) is 0 Å². The van der Waals surface area contributed by atoms with E-state index in [1.165, 1.54) is 48.8 Å². The van der Waals surface area contributed by atoms with E-state index in [-0.39, 0.29) is 11.0 Å². The summed E-state index contributed by atoms with van der Waals surface area (Å²) in [6.07, 6.45) is 7.49. The average Bonchev–Trinajstić information content (AvgIpc) is 2.67. The first-order chi connectivity index (χ1) is 12.1. The molecule has 0 atom stereocenters. The number of aliphatic carboxylic acids is 1. The maximum atomic E-state index is 10.9. The van der Waals surface area contributed by atoms with Gasteiger partial charge in [-0.25, -0.2) is 4.79 Å². The predicted octanol–water partition coefficient (Wildman–Crippen LogP) is 5.51. The zero-order chi connectivity index (χ0) is 17.7. The molecule has 0 unspecified atom stereocenters. The number of rotatable bonds is 6. The summed E-state index contributed by atoms with van der Waals surface area (Å²) in [4.78, 5) is 10.9. The number of hydrogen-bond donors (Lipinski definition) is 1. The molecule has 2 heteroatoms. The minimum atomic E-state index is -0.901. The number of carboxylic acids is 1. The molecule has 3 rings (SSSR count). The van der Waals surface area contributed by atoms with Crippen LogP contribution in [0.4, 0.5) is 0 Å². The molecular formula is C23H26O2. The Hall–Kier alpha value is -2.35. The van der Waals surface area contributed by atoms with Crippen LogP contribution in [0.1, 0.15) is 55.2 Å². The fourth-order valence-corrected chi connectivity index (χ4v) is 4.05. The number of benzene rings is 2. The van der Waals surface area contributed by atoms with Crippen molar-refractivity contribution in [2.45, 2.75) is 50.4 Å². The molecule has 1 N–H and O–H groups in total. The van der Waals surface area contributed by atoms with Gasteiger partial charge in [0.05, 0.1) is 0 Å². The first kappa shape index (κ1) is 17.5. The number of hydrogen-bond acceptors (Lipinski definition) is 1. The highest BCUT2D eigenvalue weighted by molar-refractivity contribution is 5.85. The average molecular weight is 334 g/mol. The monoisotopic (exact) mass is 334 g/mol. The highest BCUT2D eigenvalue weighted by Gasteiger charge is 2.35. The van der Waals surface area contributed by atoms with E-state index in [0.29, 0.717) is 6.42 Å². The van der Waals surface area contributed by atoms with Crippen LogP contribution in [-0.4, -0.2) is 11.1 Å². The van der Waals surface area contributed by atoms with Gasteiger partial charge in [0.1, 0.15) is 0 Å². The SMILES string of the molecule is C=C(CCc1ccc(C2(c3ccccc3)CCCCC2)cc1)C(=O)O. The van der Waals surface area contributed by atoms with Crippen LogP contribution in [0.25, 0.3) is 0 Å². The highest BCUT2D eigenvalue weighted by atomic mass is 16.4. The first-order valence-electron chi connectivity index (χ1n) is 9.18. The maximum absolute atomic E-state index is 10.9. The van der Waals surface area contributed by atoms with Gasteiger partial charge in [0, 0.05) is 11.0 Å². The van der Waals surface area contributed by atoms with Crippen LogP contribution in [0.15, 0.2) is 66.7 Å². The van der Waals surface area contributed by atoms with Crippen LogP contribution in [-0.2, 0) is 16.6 Å². The zero-order valence-electron chi connectivity index (χ0n) is 14.7. The fourth-order valence-electron chi connectivity index (χ4n) is 4.05. The van der Waals surface area contributed by atoms with E-state index in [1.807, 2.05) is 0 Å². The Morgan fingerprint density at radius 2 is 1.52 bits per heavy atom. The molecule has 1 aliphatic carbocycles. The highest BCUT2D eigenvalue weighted by Crippen LogP contribution is 2.44. The van der Waals surface area contributed by atoms with Gasteiger partial charge in [-0.3, -0.25) is 0 Å². The summed E-state index contributed by atoms with van der Waals surface area (Å²) < 4.78 is 0. The Balaban J connectivity index is 1.83. The zero-order valence-corrected chi connectivity index (χ0v) is 14.7. The van der Waals surface area contributed by atoms with Crippen LogP contribution in [0, 0.1) is 0 Å². The number of carbonyl (C=O) groups is 1. The number of aryl methyl sites for hydroxylation is 1. The van der Waals surface area contributed by atoms with E-state index in [2.05, 4.69) is 61.2 Å². The van der Waals surface area contributed by atoms with E-state index < -0.39 is 5.97 Å². The molecule has 0 aromatic heterocycles. The van der Waals surface area contributed by atoms with Crippen molar-refractivity contribution in [1.82, 2.24) is 0 Å². The Morgan fingerprint density at radius 1 is 0.920 bits per heavy atom. The lowest BCUT2D eigenvalue weighted by molar-refractivity contribution is -0.132. The van der Waals surface area contributed by atoms with Gasteiger partial charge in [-0.05, 0) is 42.4 Å². The normalized spacial score (nSPS) is 16.3. The van der Waals surface area contributed by atoms with Gasteiger partial charge in [0.15, 0.2) is 0 Å². The van der Waals surface area contributed by atoms with Crippen LogP contribution < -0.4 is 0 Å². The van der Waals surface area contributed by atoms with Gasteiger partial charge in [0.2, 0.25) is 0 Å². The van der Waals surface area contributed by atoms with Crippen molar-refractivity contribution < 1.29 is 9.90 Å². The van der Waals surface area contributed by atoms with E-state index in [1.54, 1.807) is 0 Å². The summed E-state index contributed by atoms with van der Waals surface area (Å²) in [6, 6.07) is 19.7. The van der Waals surface area contributed by atoms with Crippen molar-refractivity contribution in [2.24, 2.45) is 0 Å². The molecule has 0 aliphatic heterocycles. The molecule has 25 heavy (non-hydrogen) atoms. The second-order valence-electron chi connectivity index (χ2n) is 7.11. The minimum absolute atomic E-state index is 0.128. The van der Waals surface area contributed by atoms with Gasteiger partial charge in [-0.15, -0.1) is 0 Å². The largest absolute Gasteiger partial charge is 0.478 e. The van der Waals surface area contributed by atoms with Gasteiger partial charge < -0.3 is 5.11 Å². The summed E-state index contributed by atoms with van der Waals surface area (Å²) >= 11 is 0. The molecule has 0 radical (unpaired) electrons. The topological polar surface area (TPSA) is 37.3 Å². The van der Waals surface area contributed by atoms with Crippen molar-refractivity contribution >= 4 is 5.97 Å². The Labute approximate surface area is 150 Å². The molecule has 1 aliphatic rings. The molecule has 2 aromatic carbocycles. The summed E-state index contributed by atoms with van der Waals surface area (Å²) in [5.74, 6) is -0.901. The maximum Gasteiger partial charge on any atom is 0.330 e. The fraction of sp³-hybridized carbons (Fsp3) is 0.348. The Bertz CT molecular complexity index is 722. The Morgan fingerprint density at radius 3 is 2.12 bits per heavy atom. The number of carboxylic acid groups (broad SMARTS) is 1. The molecular weight excluding hydrogens is 308 g/mol. The standard InChI is InChI=1S/C23H26O2/c1-18(22(24)25)10-11-19-12-14-21(15-13-19)23(16-6-3-7-17-23)20-8-4-2-5-9-20/h2,4-5,8-9,12-15H,1,3,6-7,10-11,16-17H2,(H,24,25). The molecule has 1 saturated carbocycles. The second-order valence-corrected chi connectivity index (χ2v) is 7.11. The quantitative estimate of drug-likeness (QED) is 0.707. The molecule has 1 fully saturated rings. The van der Waals surface area contributed by atoms with Gasteiger partial charge >= 0.3 is 5.97 Å². The third kappa shape index (κ3) is 3.84. The smallest absolute Gasteiger partial charge is 0.330 e. The molecule has 0 heterocycles. The van der Waals surface area contributed by atoms with Crippen LogP contribution >= 0.6 is 0 Å². The molecule has 0 spiro atoms. The summed E-state index contributed by atoms with van der Waals surface area (Å²) in [5, 5.41) is 8.93. The lowest BCUT2D eigenvalue weighted by Gasteiger charge is -2.38. The lowest BCUT2D eigenvalue weighted by Crippen LogP contribution is -2.30. The molecule has 0 bridgehead atoms. The van der Waals surface area contributed by atoms with Crippen molar-refractivity contribution in [3.63, 3.8) is 0 Å². The van der Waals surface area contributed by atoms with Crippen LogP contribution in [0.5, 0.6) is 0 Å². The van der Waals surface area contributed by atoms with E-state index in [9.17, 15) is 4.79 Å². The summed E-state index contributed by atoms with van der Waals surface area (Å²) in [7, 11) is 0. The van der Waals surface area contributed by atoms with Gasteiger partial charge in [-0.1, -0.05) is 80.4 Å². The second kappa shape index (κ2) is 7.69. The first-order valence-corrected chi connectivity index (χ1v) is 9.18. The molecule has 130 valence electrons. The van der Waals surface area contributed by atoms with Crippen LogP contribution in [0.3, 0.4) is 0 Å². The third-order valence-corrected chi connectivity index (χ3v) is 5.56. The van der Waals surface area contributed by atoms with E-state index in [4.69, 9.17) is 5.11 Å². The van der Waals surface area contributed by atoms with Crippen molar-refractivity contribution in [2.75, 3.05) is 0 Å². The summed E-state index contributed by atoms with van der Waals surface area (Å²) in [5.41, 5.74) is 4.38. The van der Waals surface area contributed by atoms with E-state index in [0.717, 1.165) is 6.42 Å². The lowest BCUT2D eigenvalue weighted by atomic mass is 9.65. The van der Waals surface area contributed by atoms with Crippen molar-refractivity contribution in [3.05, 3.63) is 83.4 Å². The van der Waals surface area contributed by atoms with Gasteiger partial charge in [0.25, 0.3) is 0 Å². The molecule has 2 aromatic rings. The molecule has 0 amide bonds. The van der Waals surface area contributed by atoms with E-state index >= 15 is 0 Å².